The highest BCUT2D eigenvalue weighted by molar-refractivity contribution is 5.75. The molecule has 0 saturated heterocycles. The fraction of sp³-hybridized carbons (Fsp3) is 0.389. The van der Waals surface area contributed by atoms with Crippen LogP contribution in [-0.4, -0.2) is 33.2 Å². The first kappa shape index (κ1) is 17.7. The Kier molecular flexibility index (Phi) is 5.39. The van der Waals surface area contributed by atoms with Crippen LogP contribution in [0.25, 0.3) is 11.4 Å². The number of carbonyl (C=O) groups excluding carboxylic acids is 1. The smallest absolute Gasteiger partial charge is 0.318 e. The SMILES string of the molecule is C=CCN(Cc1nc(-c2ccc(C)cc2)no1)C(=O)NC(C)(C)C. The van der Waals surface area contributed by atoms with Crippen molar-refractivity contribution < 1.29 is 9.32 Å². The zero-order chi connectivity index (χ0) is 17.7. The first-order valence-electron chi connectivity index (χ1n) is 7.86. The first-order chi connectivity index (χ1) is 11.3. The molecule has 6 heteroatoms. The van der Waals surface area contributed by atoms with Gasteiger partial charge in [0.25, 0.3) is 0 Å². The summed E-state index contributed by atoms with van der Waals surface area (Å²) in [4.78, 5) is 18.3. The lowest BCUT2D eigenvalue weighted by Gasteiger charge is -2.26. The predicted molar refractivity (Wildman–Crippen MR) is 93.4 cm³/mol. The van der Waals surface area contributed by atoms with E-state index < -0.39 is 0 Å². The zero-order valence-corrected chi connectivity index (χ0v) is 14.7. The van der Waals surface area contributed by atoms with Gasteiger partial charge in [-0.15, -0.1) is 6.58 Å². The lowest BCUT2D eigenvalue weighted by Crippen LogP contribution is -2.48. The molecule has 1 aromatic heterocycles. The highest BCUT2D eigenvalue weighted by Crippen LogP contribution is 2.17. The van der Waals surface area contributed by atoms with Crippen molar-refractivity contribution in [3.05, 3.63) is 48.4 Å². The van der Waals surface area contributed by atoms with E-state index in [4.69, 9.17) is 4.52 Å². The van der Waals surface area contributed by atoms with Crippen molar-refractivity contribution in [2.45, 2.75) is 39.8 Å². The van der Waals surface area contributed by atoms with Gasteiger partial charge in [0.2, 0.25) is 11.7 Å². The van der Waals surface area contributed by atoms with Gasteiger partial charge in [0.1, 0.15) is 6.54 Å². The summed E-state index contributed by atoms with van der Waals surface area (Å²) in [6.07, 6.45) is 1.67. The van der Waals surface area contributed by atoms with E-state index in [0.717, 1.165) is 5.56 Å². The number of hydrogen-bond acceptors (Lipinski definition) is 4. The molecule has 0 radical (unpaired) electrons. The van der Waals surface area contributed by atoms with Gasteiger partial charge in [0, 0.05) is 17.6 Å². The molecule has 0 aliphatic rings. The van der Waals surface area contributed by atoms with Crippen LogP contribution in [-0.2, 0) is 6.54 Å². The molecule has 0 atom stereocenters. The van der Waals surface area contributed by atoms with Crippen LogP contribution < -0.4 is 5.32 Å². The molecule has 0 spiro atoms. The first-order valence-corrected chi connectivity index (χ1v) is 7.86. The van der Waals surface area contributed by atoms with Gasteiger partial charge in [-0.1, -0.05) is 41.1 Å². The molecule has 2 aromatic rings. The standard InChI is InChI=1S/C18H24N4O2/c1-6-11-22(17(23)20-18(3,4)5)12-15-19-16(21-24-15)14-9-7-13(2)8-10-14/h6-10H,1,11-12H2,2-5H3,(H,20,23). The van der Waals surface area contributed by atoms with Crippen molar-refractivity contribution in [3.63, 3.8) is 0 Å². The van der Waals surface area contributed by atoms with Gasteiger partial charge >= 0.3 is 6.03 Å². The molecule has 0 bridgehead atoms. The number of benzene rings is 1. The zero-order valence-electron chi connectivity index (χ0n) is 14.7. The van der Waals surface area contributed by atoms with Gasteiger partial charge in [-0.3, -0.25) is 0 Å². The van der Waals surface area contributed by atoms with Crippen LogP contribution in [0.1, 0.15) is 32.2 Å². The van der Waals surface area contributed by atoms with Crippen LogP contribution in [0.2, 0.25) is 0 Å². The fourth-order valence-corrected chi connectivity index (χ4v) is 2.08. The summed E-state index contributed by atoms with van der Waals surface area (Å²) < 4.78 is 5.29. The van der Waals surface area contributed by atoms with Gasteiger partial charge in [0.05, 0.1) is 0 Å². The molecule has 128 valence electrons. The second-order valence-corrected chi connectivity index (χ2v) is 6.73. The summed E-state index contributed by atoms with van der Waals surface area (Å²) in [6.45, 7) is 12.1. The third-order valence-corrected chi connectivity index (χ3v) is 3.22. The van der Waals surface area contributed by atoms with Gasteiger partial charge in [0.15, 0.2) is 0 Å². The van der Waals surface area contributed by atoms with Crippen LogP contribution >= 0.6 is 0 Å². The second kappa shape index (κ2) is 7.29. The van der Waals surface area contributed by atoms with E-state index in [9.17, 15) is 4.79 Å². The molecule has 0 aliphatic carbocycles. The van der Waals surface area contributed by atoms with E-state index >= 15 is 0 Å². The van der Waals surface area contributed by atoms with Crippen molar-refractivity contribution in [2.24, 2.45) is 0 Å². The Balaban J connectivity index is 2.11. The summed E-state index contributed by atoms with van der Waals surface area (Å²) in [5.41, 5.74) is 1.72. The highest BCUT2D eigenvalue weighted by Gasteiger charge is 2.21. The Labute approximate surface area is 142 Å². The largest absolute Gasteiger partial charge is 0.337 e. The number of rotatable bonds is 5. The van der Waals surface area contributed by atoms with Gasteiger partial charge in [-0.25, -0.2) is 4.79 Å². The number of amides is 2. The molecule has 0 aliphatic heterocycles. The Morgan fingerprint density at radius 2 is 2.00 bits per heavy atom. The summed E-state index contributed by atoms with van der Waals surface area (Å²) in [5, 5.41) is 6.91. The third kappa shape index (κ3) is 4.94. The maximum atomic E-state index is 12.3. The molecule has 2 amide bonds. The van der Waals surface area contributed by atoms with Crippen LogP contribution in [0.15, 0.2) is 41.4 Å². The second-order valence-electron chi connectivity index (χ2n) is 6.73. The molecule has 6 nitrogen and oxygen atoms in total. The number of nitrogens with zero attached hydrogens (tertiary/aromatic N) is 3. The molecule has 1 N–H and O–H groups in total. The normalized spacial score (nSPS) is 11.2. The average Bonchev–Trinajstić information content (AvgIpc) is 2.94. The van der Waals surface area contributed by atoms with E-state index in [1.54, 1.807) is 11.0 Å². The fourth-order valence-electron chi connectivity index (χ4n) is 2.08. The van der Waals surface area contributed by atoms with Gasteiger partial charge < -0.3 is 14.7 Å². The van der Waals surface area contributed by atoms with E-state index in [-0.39, 0.29) is 18.1 Å². The van der Waals surface area contributed by atoms with E-state index in [0.29, 0.717) is 18.3 Å². The van der Waals surface area contributed by atoms with Crippen LogP contribution in [0, 0.1) is 6.92 Å². The summed E-state index contributed by atoms with van der Waals surface area (Å²) in [7, 11) is 0. The summed E-state index contributed by atoms with van der Waals surface area (Å²) in [5.74, 6) is 0.899. The predicted octanol–water partition coefficient (Wildman–Crippen LogP) is 3.54. The molecule has 1 aromatic carbocycles. The molecule has 24 heavy (non-hydrogen) atoms. The number of nitrogens with one attached hydrogen (secondary N) is 1. The lowest BCUT2D eigenvalue weighted by atomic mass is 10.1. The Morgan fingerprint density at radius 3 is 2.58 bits per heavy atom. The molecule has 0 unspecified atom stereocenters. The Morgan fingerprint density at radius 1 is 1.33 bits per heavy atom. The molecule has 1 heterocycles. The van der Waals surface area contributed by atoms with Crippen molar-refractivity contribution >= 4 is 6.03 Å². The number of aromatic nitrogens is 2. The van der Waals surface area contributed by atoms with Crippen LogP contribution in [0.5, 0.6) is 0 Å². The maximum Gasteiger partial charge on any atom is 0.318 e. The Hall–Kier alpha value is -2.63. The lowest BCUT2D eigenvalue weighted by molar-refractivity contribution is 0.184. The topological polar surface area (TPSA) is 71.3 Å². The Bertz CT molecular complexity index is 699. The minimum Gasteiger partial charge on any atom is -0.337 e. The molecular formula is C18H24N4O2. The average molecular weight is 328 g/mol. The molecule has 0 fully saturated rings. The quantitative estimate of drug-likeness (QED) is 0.852. The van der Waals surface area contributed by atoms with E-state index in [1.165, 1.54) is 5.56 Å². The number of urea groups is 1. The monoisotopic (exact) mass is 328 g/mol. The number of hydrogen-bond donors (Lipinski definition) is 1. The van der Waals surface area contributed by atoms with E-state index in [2.05, 4.69) is 22.0 Å². The van der Waals surface area contributed by atoms with Crippen molar-refractivity contribution in [2.75, 3.05) is 6.54 Å². The minimum atomic E-state index is -0.321. The molecule has 2 rings (SSSR count). The number of carbonyl (C=O) groups is 1. The van der Waals surface area contributed by atoms with Crippen molar-refractivity contribution in [1.29, 1.82) is 0 Å². The third-order valence-electron chi connectivity index (χ3n) is 3.22. The van der Waals surface area contributed by atoms with Crippen molar-refractivity contribution in [3.8, 4) is 11.4 Å². The van der Waals surface area contributed by atoms with Crippen molar-refractivity contribution in [1.82, 2.24) is 20.4 Å². The number of aryl methyl sites for hydroxylation is 1. The highest BCUT2D eigenvalue weighted by atomic mass is 16.5. The van der Waals surface area contributed by atoms with Crippen LogP contribution in [0.3, 0.4) is 0 Å². The maximum absolute atomic E-state index is 12.3. The summed E-state index contributed by atoms with van der Waals surface area (Å²) in [6, 6.07) is 7.67. The van der Waals surface area contributed by atoms with Gasteiger partial charge in [-0.05, 0) is 27.7 Å². The minimum absolute atomic E-state index is 0.197. The molecule has 0 saturated carbocycles. The summed E-state index contributed by atoms with van der Waals surface area (Å²) >= 11 is 0. The van der Waals surface area contributed by atoms with Gasteiger partial charge in [-0.2, -0.15) is 4.98 Å². The van der Waals surface area contributed by atoms with Crippen LogP contribution in [0.4, 0.5) is 4.79 Å². The van der Waals surface area contributed by atoms with E-state index in [1.807, 2.05) is 52.0 Å². The molecular weight excluding hydrogens is 304 g/mol.